The molecule has 21 heavy (non-hydrogen) atoms. The van der Waals surface area contributed by atoms with Crippen molar-refractivity contribution in [1.82, 2.24) is 9.97 Å². The first-order valence-corrected chi connectivity index (χ1v) is 8.11. The normalized spacial score (nSPS) is 15.9. The summed E-state index contributed by atoms with van der Waals surface area (Å²) in [6, 6.07) is 4.03. The molecule has 0 aliphatic carbocycles. The van der Waals surface area contributed by atoms with Crippen molar-refractivity contribution in [1.29, 1.82) is 0 Å². The number of aromatic amines is 1. The minimum atomic E-state index is 0.513. The third-order valence-corrected chi connectivity index (χ3v) is 4.16. The summed E-state index contributed by atoms with van der Waals surface area (Å²) in [4.78, 5) is 8.26. The fraction of sp³-hybridized carbons (Fsp3) is 0.588. The number of imidazole rings is 1. The predicted molar refractivity (Wildman–Crippen MR) is 84.3 cm³/mol. The summed E-state index contributed by atoms with van der Waals surface area (Å²) in [7, 11) is 0. The van der Waals surface area contributed by atoms with Gasteiger partial charge in [0.05, 0.1) is 24.2 Å². The van der Waals surface area contributed by atoms with Crippen molar-refractivity contribution >= 4 is 11.0 Å². The van der Waals surface area contributed by atoms with E-state index >= 15 is 0 Å². The van der Waals surface area contributed by atoms with Crippen LogP contribution in [0, 0.1) is 0 Å². The summed E-state index contributed by atoms with van der Waals surface area (Å²) in [6.07, 6.45) is 5.72. The van der Waals surface area contributed by atoms with Crippen LogP contribution in [-0.2, 0) is 0 Å². The van der Waals surface area contributed by atoms with Gasteiger partial charge >= 0.3 is 0 Å². The summed E-state index contributed by atoms with van der Waals surface area (Å²) >= 11 is 0. The van der Waals surface area contributed by atoms with Gasteiger partial charge in [-0.3, -0.25) is 0 Å². The van der Waals surface area contributed by atoms with Crippen molar-refractivity contribution in [3.05, 3.63) is 18.0 Å². The zero-order chi connectivity index (χ0) is 14.7. The molecule has 1 N–H and O–H groups in total. The monoisotopic (exact) mass is 288 g/mol. The van der Waals surface area contributed by atoms with Gasteiger partial charge in [-0.15, -0.1) is 0 Å². The predicted octanol–water partition coefficient (Wildman–Crippen LogP) is 4.41. The fourth-order valence-electron chi connectivity index (χ4n) is 2.86. The van der Waals surface area contributed by atoms with Gasteiger partial charge in [-0.25, -0.2) is 4.98 Å². The Morgan fingerprint density at radius 2 is 1.95 bits per heavy atom. The molecule has 114 valence electrons. The van der Waals surface area contributed by atoms with E-state index in [2.05, 4.69) is 18.8 Å². The Kier molecular flexibility index (Phi) is 4.32. The largest absolute Gasteiger partial charge is 0.489 e. The highest BCUT2D eigenvalue weighted by atomic mass is 16.5. The Morgan fingerprint density at radius 3 is 2.67 bits per heavy atom. The lowest BCUT2D eigenvalue weighted by Gasteiger charge is -2.10. The van der Waals surface area contributed by atoms with E-state index in [-0.39, 0.29) is 0 Å². The molecule has 0 spiro atoms. The van der Waals surface area contributed by atoms with Crippen molar-refractivity contribution in [3.63, 3.8) is 0 Å². The summed E-state index contributed by atoms with van der Waals surface area (Å²) in [5.74, 6) is 3.26. The second-order valence-corrected chi connectivity index (χ2v) is 5.74. The molecule has 4 nitrogen and oxygen atoms in total. The molecule has 0 bridgehead atoms. The van der Waals surface area contributed by atoms with Crippen LogP contribution in [0.1, 0.15) is 57.7 Å². The van der Waals surface area contributed by atoms with Gasteiger partial charge in [0.2, 0.25) is 0 Å². The van der Waals surface area contributed by atoms with Crippen LogP contribution in [0.4, 0.5) is 0 Å². The van der Waals surface area contributed by atoms with Gasteiger partial charge < -0.3 is 14.5 Å². The number of nitrogens with zero attached hydrogens (tertiary/aromatic N) is 1. The third-order valence-electron chi connectivity index (χ3n) is 4.16. The van der Waals surface area contributed by atoms with Crippen LogP contribution in [0.15, 0.2) is 12.1 Å². The van der Waals surface area contributed by atoms with Crippen molar-refractivity contribution in [3.8, 4) is 11.5 Å². The zero-order valence-electron chi connectivity index (χ0n) is 12.9. The van der Waals surface area contributed by atoms with Crippen LogP contribution in [-0.4, -0.2) is 23.2 Å². The number of aromatic nitrogens is 2. The highest BCUT2D eigenvalue weighted by Gasteiger charge is 2.17. The number of hydrogen-bond acceptors (Lipinski definition) is 3. The van der Waals surface area contributed by atoms with Gasteiger partial charge in [0, 0.05) is 24.5 Å². The first-order valence-electron chi connectivity index (χ1n) is 8.11. The van der Waals surface area contributed by atoms with E-state index in [1.54, 1.807) is 0 Å². The van der Waals surface area contributed by atoms with Crippen LogP contribution in [0.2, 0.25) is 0 Å². The van der Waals surface area contributed by atoms with E-state index in [0.717, 1.165) is 41.2 Å². The molecule has 1 aliphatic heterocycles. The van der Waals surface area contributed by atoms with Gasteiger partial charge in [0.25, 0.3) is 0 Å². The minimum absolute atomic E-state index is 0.513. The Hall–Kier alpha value is -1.71. The van der Waals surface area contributed by atoms with Crippen LogP contribution in [0.25, 0.3) is 11.0 Å². The van der Waals surface area contributed by atoms with E-state index in [1.165, 1.54) is 19.3 Å². The van der Waals surface area contributed by atoms with Gasteiger partial charge in [-0.1, -0.05) is 26.7 Å². The molecular formula is C17H24N2O2. The lowest BCUT2D eigenvalue weighted by atomic mass is 9.99. The van der Waals surface area contributed by atoms with Crippen molar-refractivity contribution in [2.75, 3.05) is 13.2 Å². The van der Waals surface area contributed by atoms with E-state index < -0.39 is 0 Å². The number of benzene rings is 1. The Morgan fingerprint density at radius 1 is 1.19 bits per heavy atom. The SMILES string of the molecule is CCCCC(CC)c1nc2cc3c(cc2[nH]1)OCCCO3. The van der Waals surface area contributed by atoms with E-state index in [4.69, 9.17) is 14.5 Å². The number of nitrogens with one attached hydrogen (secondary N) is 1. The Bertz CT molecular complexity index is 563. The van der Waals surface area contributed by atoms with Gasteiger partial charge in [-0.2, -0.15) is 0 Å². The molecule has 4 heteroatoms. The Balaban J connectivity index is 1.92. The second-order valence-electron chi connectivity index (χ2n) is 5.74. The van der Waals surface area contributed by atoms with Crippen molar-refractivity contribution in [2.24, 2.45) is 0 Å². The number of ether oxygens (including phenoxy) is 2. The molecule has 2 aromatic rings. The molecule has 3 rings (SSSR count). The number of hydrogen-bond donors (Lipinski definition) is 1. The molecular weight excluding hydrogens is 264 g/mol. The molecule has 0 amide bonds. The average molecular weight is 288 g/mol. The van der Waals surface area contributed by atoms with Gasteiger partial charge in [0.15, 0.2) is 11.5 Å². The van der Waals surface area contributed by atoms with Gasteiger partial charge in [0.1, 0.15) is 5.82 Å². The van der Waals surface area contributed by atoms with Crippen molar-refractivity contribution < 1.29 is 9.47 Å². The number of H-pyrrole nitrogens is 1. The second kappa shape index (κ2) is 6.37. The molecule has 1 aliphatic rings. The number of fused-ring (bicyclic) bond motifs is 2. The highest BCUT2D eigenvalue weighted by Crippen LogP contribution is 2.34. The maximum Gasteiger partial charge on any atom is 0.163 e. The van der Waals surface area contributed by atoms with Crippen LogP contribution >= 0.6 is 0 Å². The number of unbranched alkanes of at least 4 members (excludes halogenated alkanes) is 1. The van der Waals surface area contributed by atoms with Gasteiger partial charge in [-0.05, 0) is 12.8 Å². The molecule has 0 radical (unpaired) electrons. The quantitative estimate of drug-likeness (QED) is 0.886. The lowest BCUT2D eigenvalue weighted by molar-refractivity contribution is 0.297. The van der Waals surface area contributed by atoms with Crippen LogP contribution in [0.5, 0.6) is 11.5 Å². The van der Waals surface area contributed by atoms with E-state index in [0.29, 0.717) is 19.1 Å². The zero-order valence-corrected chi connectivity index (χ0v) is 12.9. The number of rotatable bonds is 5. The molecule has 1 aromatic heterocycles. The smallest absolute Gasteiger partial charge is 0.163 e. The first kappa shape index (κ1) is 14.2. The summed E-state index contributed by atoms with van der Waals surface area (Å²) in [5.41, 5.74) is 2.02. The lowest BCUT2D eigenvalue weighted by Crippen LogP contribution is -1.99. The highest BCUT2D eigenvalue weighted by molar-refractivity contribution is 5.80. The third kappa shape index (κ3) is 2.99. The van der Waals surface area contributed by atoms with E-state index in [1.807, 2.05) is 12.1 Å². The Labute approximate surface area is 125 Å². The molecule has 0 saturated carbocycles. The van der Waals surface area contributed by atoms with Crippen LogP contribution < -0.4 is 9.47 Å². The maximum absolute atomic E-state index is 5.74. The van der Waals surface area contributed by atoms with Crippen LogP contribution in [0.3, 0.4) is 0 Å². The summed E-state index contributed by atoms with van der Waals surface area (Å²) < 4.78 is 11.5. The maximum atomic E-state index is 5.74. The fourth-order valence-corrected chi connectivity index (χ4v) is 2.86. The summed E-state index contributed by atoms with van der Waals surface area (Å²) in [5, 5.41) is 0. The molecule has 1 atom stereocenters. The summed E-state index contributed by atoms with van der Waals surface area (Å²) in [6.45, 7) is 5.89. The molecule has 1 aromatic carbocycles. The molecule has 0 fully saturated rings. The average Bonchev–Trinajstić information content (AvgIpc) is 2.76. The topological polar surface area (TPSA) is 47.1 Å². The first-order chi connectivity index (χ1) is 10.3. The van der Waals surface area contributed by atoms with E-state index in [9.17, 15) is 0 Å². The molecule has 2 heterocycles. The standard InChI is InChI=1S/C17H24N2O2/c1-3-5-7-12(4-2)17-18-13-10-15-16(11-14(13)19-17)21-9-6-8-20-15/h10-12H,3-9H2,1-2H3,(H,18,19). The molecule has 1 unspecified atom stereocenters. The van der Waals surface area contributed by atoms with Crippen molar-refractivity contribution in [2.45, 2.75) is 51.9 Å². The minimum Gasteiger partial charge on any atom is -0.489 e. The molecule has 0 saturated heterocycles.